The molecule has 148 valence electrons. The quantitative estimate of drug-likeness (QED) is 0.713. The van der Waals surface area contributed by atoms with Gasteiger partial charge >= 0.3 is 0 Å². The van der Waals surface area contributed by atoms with Crippen molar-refractivity contribution in [3.8, 4) is 0 Å². The van der Waals surface area contributed by atoms with Crippen molar-refractivity contribution in [2.75, 3.05) is 26.2 Å². The Morgan fingerprint density at radius 1 is 1.15 bits per heavy atom. The van der Waals surface area contributed by atoms with E-state index in [4.69, 9.17) is 0 Å². The minimum atomic E-state index is -3.57. The fraction of sp³-hybridized carbons (Fsp3) is 0.579. The van der Waals surface area contributed by atoms with Crippen molar-refractivity contribution in [2.45, 2.75) is 43.3 Å². The molecule has 27 heavy (non-hydrogen) atoms. The molecule has 0 saturated carbocycles. The SMILES string of the molecule is CCCN1CC2C3=C(CCC2S1(=O)=O)CN(S(=O)(=O)c1ccc(C)cc1)C3. The van der Waals surface area contributed by atoms with Crippen molar-refractivity contribution in [3.05, 3.63) is 41.0 Å². The van der Waals surface area contributed by atoms with Gasteiger partial charge in [0.2, 0.25) is 20.0 Å². The second-order valence-electron chi connectivity index (χ2n) is 7.80. The standard InChI is InChI=1S/C19H26N2O4S2/c1-3-10-20-13-18-17-12-21(11-15(17)6-9-19(18)27(20,24)25)26(22,23)16-7-4-14(2)5-8-16/h4-5,7-8,18-19H,3,6,9-13H2,1-2H3. The van der Waals surface area contributed by atoms with Gasteiger partial charge in [0.15, 0.2) is 0 Å². The van der Waals surface area contributed by atoms with Gasteiger partial charge in [0.25, 0.3) is 0 Å². The first-order valence-electron chi connectivity index (χ1n) is 9.51. The van der Waals surface area contributed by atoms with Gasteiger partial charge in [-0.3, -0.25) is 0 Å². The molecule has 4 rings (SSSR count). The summed E-state index contributed by atoms with van der Waals surface area (Å²) in [5.74, 6) is -0.0662. The smallest absolute Gasteiger partial charge is 0.212 e. The van der Waals surface area contributed by atoms with Gasteiger partial charge in [-0.05, 0) is 43.9 Å². The first-order chi connectivity index (χ1) is 12.7. The molecule has 0 radical (unpaired) electrons. The number of fused-ring (bicyclic) bond motifs is 2. The largest absolute Gasteiger partial charge is 0.243 e. The fourth-order valence-electron chi connectivity index (χ4n) is 4.63. The maximum absolute atomic E-state index is 13.0. The van der Waals surface area contributed by atoms with Crippen LogP contribution in [-0.2, 0) is 20.0 Å². The first kappa shape index (κ1) is 19.1. The average Bonchev–Trinajstić information content (AvgIpc) is 3.16. The van der Waals surface area contributed by atoms with E-state index in [-0.39, 0.29) is 11.2 Å². The molecule has 3 aliphatic rings. The monoisotopic (exact) mass is 410 g/mol. The zero-order chi connectivity index (χ0) is 19.4. The van der Waals surface area contributed by atoms with Crippen molar-refractivity contribution >= 4 is 20.0 Å². The van der Waals surface area contributed by atoms with Gasteiger partial charge in [-0.15, -0.1) is 0 Å². The zero-order valence-corrected chi connectivity index (χ0v) is 17.4. The fourth-order valence-corrected chi connectivity index (χ4v) is 8.31. The Morgan fingerprint density at radius 3 is 2.52 bits per heavy atom. The normalized spacial score (nSPS) is 28.4. The molecule has 2 heterocycles. The van der Waals surface area contributed by atoms with Gasteiger partial charge in [0.1, 0.15) is 0 Å². The van der Waals surface area contributed by atoms with Crippen LogP contribution in [0.3, 0.4) is 0 Å². The molecule has 0 amide bonds. The van der Waals surface area contributed by atoms with Gasteiger partial charge in [0.05, 0.1) is 10.1 Å². The average molecular weight is 411 g/mol. The third-order valence-electron chi connectivity index (χ3n) is 6.07. The molecular formula is C19H26N2O4S2. The third kappa shape index (κ3) is 3.06. The lowest BCUT2D eigenvalue weighted by atomic mass is 9.84. The van der Waals surface area contributed by atoms with Gasteiger partial charge < -0.3 is 0 Å². The summed E-state index contributed by atoms with van der Waals surface area (Å²) in [4.78, 5) is 0.302. The predicted octanol–water partition coefficient (Wildman–Crippen LogP) is 2.13. The van der Waals surface area contributed by atoms with Crippen LogP contribution in [0.1, 0.15) is 31.7 Å². The zero-order valence-electron chi connectivity index (χ0n) is 15.8. The van der Waals surface area contributed by atoms with Crippen LogP contribution < -0.4 is 0 Å². The molecule has 0 N–H and O–H groups in total. The van der Waals surface area contributed by atoms with Crippen LogP contribution in [0.25, 0.3) is 0 Å². The van der Waals surface area contributed by atoms with Gasteiger partial charge in [-0.25, -0.2) is 21.1 Å². The van der Waals surface area contributed by atoms with Crippen LogP contribution in [0, 0.1) is 12.8 Å². The summed E-state index contributed by atoms with van der Waals surface area (Å²) in [7, 11) is -6.83. The Hall–Kier alpha value is -1.22. The lowest BCUT2D eigenvalue weighted by Crippen LogP contribution is -2.32. The lowest BCUT2D eigenvalue weighted by molar-refractivity contribution is 0.403. The molecule has 2 unspecified atom stereocenters. The highest BCUT2D eigenvalue weighted by molar-refractivity contribution is 7.90. The second-order valence-corrected chi connectivity index (χ2v) is 11.9. The van der Waals surface area contributed by atoms with E-state index in [1.807, 2.05) is 13.8 Å². The highest BCUT2D eigenvalue weighted by atomic mass is 32.2. The van der Waals surface area contributed by atoms with Crippen molar-refractivity contribution in [1.29, 1.82) is 0 Å². The van der Waals surface area contributed by atoms with Crippen molar-refractivity contribution in [3.63, 3.8) is 0 Å². The number of hydrogen-bond donors (Lipinski definition) is 0. The number of nitrogens with zero attached hydrogens (tertiary/aromatic N) is 2. The van der Waals surface area contributed by atoms with Crippen LogP contribution in [-0.4, -0.2) is 56.9 Å². The summed E-state index contributed by atoms with van der Waals surface area (Å²) in [6.45, 7) is 5.66. The maximum Gasteiger partial charge on any atom is 0.243 e. The molecule has 0 aromatic heterocycles. The predicted molar refractivity (Wildman–Crippen MR) is 104 cm³/mol. The van der Waals surface area contributed by atoms with Crippen LogP contribution in [0.15, 0.2) is 40.3 Å². The summed E-state index contributed by atoms with van der Waals surface area (Å²) in [6, 6.07) is 6.90. The van der Waals surface area contributed by atoms with Crippen molar-refractivity contribution < 1.29 is 16.8 Å². The van der Waals surface area contributed by atoms with E-state index in [1.165, 1.54) is 4.31 Å². The van der Waals surface area contributed by atoms with Crippen molar-refractivity contribution in [1.82, 2.24) is 8.61 Å². The van der Waals surface area contributed by atoms with Gasteiger partial charge in [-0.1, -0.05) is 30.2 Å². The van der Waals surface area contributed by atoms with Gasteiger partial charge in [-0.2, -0.15) is 4.31 Å². The second kappa shape index (κ2) is 6.69. The molecule has 0 spiro atoms. The molecule has 1 saturated heterocycles. The molecule has 1 fully saturated rings. The molecule has 1 aliphatic carbocycles. The molecule has 0 bridgehead atoms. The van der Waals surface area contributed by atoms with Crippen LogP contribution >= 0.6 is 0 Å². The summed E-state index contributed by atoms with van der Waals surface area (Å²) < 4.78 is 54.8. The van der Waals surface area contributed by atoms with Crippen LogP contribution in [0.2, 0.25) is 0 Å². The highest BCUT2D eigenvalue weighted by Crippen LogP contribution is 2.44. The number of sulfonamides is 2. The molecule has 2 atom stereocenters. The van der Waals surface area contributed by atoms with E-state index in [0.717, 1.165) is 23.1 Å². The summed E-state index contributed by atoms with van der Waals surface area (Å²) in [6.07, 6.45) is 2.07. The van der Waals surface area contributed by atoms with E-state index in [2.05, 4.69) is 0 Å². The minimum absolute atomic E-state index is 0.0662. The van der Waals surface area contributed by atoms with E-state index < -0.39 is 20.0 Å². The Bertz CT molecular complexity index is 981. The van der Waals surface area contributed by atoms with Crippen LogP contribution in [0.4, 0.5) is 0 Å². The highest BCUT2D eigenvalue weighted by Gasteiger charge is 2.51. The summed E-state index contributed by atoms with van der Waals surface area (Å²) in [5, 5.41) is -0.384. The van der Waals surface area contributed by atoms with E-state index >= 15 is 0 Å². The van der Waals surface area contributed by atoms with E-state index in [9.17, 15) is 16.8 Å². The molecular weight excluding hydrogens is 384 g/mol. The minimum Gasteiger partial charge on any atom is -0.212 e. The number of benzene rings is 1. The van der Waals surface area contributed by atoms with E-state index in [0.29, 0.717) is 43.9 Å². The maximum atomic E-state index is 13.0. The topological polar surface area (TPSA) is 74.8 Å². The van der Waals surface area contributed by atoms with Crippen molar-refractivity contribution in [2.24, 2.45) is 5.92 Å². The number of rotatable bonds is 4. The molecule has 1 aromatic carbocycles. The summed E-state index contributed by atoms with van der Waals surface area (Å²) >= 11 is 0. The Labute approximate surface area is 162 Å². The van der Waals surface area contributed by atoms with Gasteiger partial charge in [0, 0.05) is 32.1 Å². The third-order valence-corrected chi connectivity index (χ3v) is 10.3. The Kier molecular flexibility index (Phi) is 4.73. The first-order valence-corrected chi connectivity index (χ1v) is 12.5. The molecule has 1 aromatic rings. The molecule has 8 heteroatoms. The molecule has 2 aliphatic heterocycles. The number of hydrogen-bond acceptors (Lipinski definition) is 4. The van der Waals surface area contributed by atoms with Crippen LogP contribution in [0.5, 0.6) is 0 Å². The summed E-state index contributed by atoms with van der Waals surface area (Å²) in [5.41, 5.74) is 3.19. The Balaban J connectivity index is 1.60. The lowest BCUT2D eigenvalue weighted by Gasteiger charge is -2.24. The number of aryl methyl sites for hydroxylation is 1. The van der Waals surface area contributed by atoms with E-state index in [1.54, 1.807) is 28.6 Å². The Morgan fingerprint density at radius 2 is 1.85 bits per heavy atom. The molecule has 6 nitrogen and oxygen atoms in total.